The van der Waals surface area contributed by atoms with E-state index in [1.807, 2.05) is 60.7 Å². The molecule has 3 atom stereocenters. The van der Waals surface area contributed by atoms with E-state index >= 15 is 0 Å². The van der Waals surface area contributed by atoms with Crippen molar-refractivity contribution in [3.05, 3.63) is 71.8 Å². The highest BCUT2D eigenvalue weighted by molar-refractivity contribution is 5.88. The monoisotopic (exact) mass is 543 g/mol. The Morgan fingerprint density at radius 2 is 1.53 bits per heavy atom. The van der Waals surface area contributed by atoms with Crippen LogP contribution in [0, 0.1) is 0 Å². The Labute approximate surface area is 230 Å². The molecule has 4 rings (SSSR count). The topological polar surface area (TPSA) is 108 Å². The molecule has 3 amide bonds. The number of aliphatic hydroxyl groups is 1. The lowest BCUT2D eigenvalue weighted by molar-refractivity contribution is -0.141. The molecule has 1 aliphatic heterocycles. The number of hydrogen-bond donors (Lipinski definition) is 3. The highest BCUT2D eigenvalue weighted by Gasteiger charge is 2.40. The van der Waals surface area contributed by atoms with Crippen molar-refractivity contribution in [1.29, 1.82) is 0 Å². The number of amides is 3. The molecule has 1 saturated carbocycles. The second kappa shape index (κ2) is 14.7. The van der Waals surface area contributed by atoms with E-state index in [1.165, 1.54) is 6.42 Å². The summed E-state index contributed by atoms with van der Waals surface area (Å²) >= 11 is 0. The van der Waals surface area contributed by atoms with Crippen LogP contribution in [-0.4, -0.2) is 58.7 Å². The van der Waals surface area contributed by atoms with E-state index in [9.17, 15) is 19.5 Å². The van der Waals surface area contributed by atoms with E-state index in [0.29, 0.717) is 19.4 Å². The summed E-state index contributed by atoms with van der Waals surface area (Å²) in [6.45, 7) is 0.509. The van der Waals surface area contributed by atoms with Crippen molar-refractivity contribution in [3.8, 4) is 0 Å². The molecule has 2 aromatic rings. The Morgan fingerprint density at radius 3 is 2.18 bits per heavy atom. The van der Waals surface area contributed by atoms with Gasteiger partial charge in [0.15, 0.2) is 6.10 Å². The van der Waals surface area contributed by atoms with Gasteiger partial charge in [-0.25, -0.2) is 4.79 Å². The Balaban J connectivity index is 0.00000400. The van der Waals surface area contributed by atoms with Crippen molar-refractivity contribution in [3.63, 3.8) is 0 Å². The second-order valence-corrected chi connectivity index (χ2v) is 9.98. The van der Waals surface area contributed by atoms with Crippen LogP contribution in [0.25, 0.3) is 0 Å². The Hall–Kier alpha value is -3.10. The maximum Gasteiger partial charge on any atom is 0.408 e. The van der Waals surface area contributed by atoms with E-state index in [4.69, 9.17) is 4.74 Å². The van der Waals surface area contributed by atoms with E-state index < -0.39 is 30.2 Å². The number of halogens is 1. The lowest BCUT2D eigenvalue weighted by Crippen LogP contribution is -2.56. The molecule has 1 aliphatic carbocycles. The Kier molecular flexibility index (Phi) is 11.4. The average Bonchev–Trinajstić information content (AvgIpc) is 3.42. The molecule has 206 valence electrons. The van der Waals surface area contributed by atoms with Crippen molar-refractivity contribution < 1.29 is 24.2 Å². The van der Waals surface area contributed by atoms with Gasteiger partial charge in [-0.3, -0.25) is 9.59 Å². The number of ether oxygens (including phenoxy) is 1. The zero-order valence-corrected chi connectivity index (χ0v) is 22.4. The van der Waals surface area contributed by atoms with Gasteiger partial charge in [-0.1, -0.05) is 79.9 Å². The molecule has 2 aromatic carbocycles. The Bertz CT molecular complexity index is 1030. The van der Waals surface area contributed by atoms with Gasteiger partial charge in [-0.05, 0) is 36.8 Å². The van der Waals surface area contributed by atoms with Crippen LogP contribution in [-0.2, 0) is 27.4 Å². The maximum absolute atomic E-state index is 13.7. The largest absolute Gasteiger partial charge is 0.445 e. The van der Waals surface area contributed by atoms with Gasteiger partial charge in [0.1, 0.15) is 12.6 Å². The first-order chi connectivity index (χ1) is 18.0. The van der Waals surface area contributed by atoms with Crippen LogP contribution in [0.5, 0.6) is 0 Å². The smallest absolute Gasteiger partial charge is 0.408 e. The molecule has 2 fully saturated rings. The fourth-order valence-electron chi connectivity index (χ4n) is 5.26. The van der Waals surface area contributed by atoms with Crippen LogP contribution in [0.2, 0.25) is 0 Å². The van der Waals surface area contributed by atoms with Crippen molar-refractivity contribution in [2.45, 2.75) is 82.2 Å². The number of nitrogens with one attached hydrogen (secondary N) is 2. The molecule has 0 radical (unpaired) electrons. The van der Waals surface area contributed by atoms with Crippen LogP contribution in [0.3, 0.4) is 0 Å². The molecule has 1 saturated heterocycles. The third-order valence-electron chi connectivity index (χ3n) is 7.25. The number of hydrogen-bond acceptors (Lipinski definition) is 5. The first-order valence-corrected chi connectivity index (χ1v) is 13.3. The fourth-order valence-corrected chi connectivity index (χ4v) is 5.26. The average molecular weight is 544 g/mol. The van der Waals surface area contributed by atoms with Crippen molar-refractivity contribution in [1.82, 2.24) is 15.5 Å². The van der Waals surface area contributed by atoms with Crippen molar-refractivity contribution in [2.75, 3.05) is 6.54 Å². The molecule has 9 heteroatoms. The number of aliphatic hydroxyl groups excluding tert-OH is 1. The molecule has 0 aromatic heterocycles. The lowest BCUT2D eigenvalue weighted by Gasteiger charge is -2.32. The van der Waals surface area contributed by atoms with Gasteiger partial charge in [0.2, 0.25) is 5.91 Å². The number of rotatable bonds is 9. The first kappa shape index (κ1) is 29.5. The predicted molar refractivity (Wildman–Crippen MR) is 147 cm³/mol. The molecule has 0 spiro atoms. The maximum atomic E-state index is 13.7. The zero-order valence-electron chi connectivity index (χ0n) is 21.6. The Morgan fingerprint density at radius 1 is 0.895 bits per heavy atom. The zero-order chi connectivity index (χ0) is 26.0. The third kappa shape index (κ3) is 8.20. The summed E-state index contributed by atoms with van der Waals surface area (Å²) in [5.74, 6) is -0.751. The fraction of sp³-hybridized carbons (Fsp3) is 0.483. The van der Waals surface area contributed by atoms with Crippen LogP contribution in [0.1, 0.15) is 56.1 Å². The third-order valence-corrected chi connectivity index (χ3v) is 7.25. The van der Waals surface area contributed by atoms with E-state index in [0.717, 1.165) is 36.8 Å². The van der Waals surface area contributed by atoms with Crippen LogP contribution < -0.4 is 10.6 Å². The van der Waals surface area contributed by atoms with Gasteiger partial charge in [0.25, 0.3) is 5.91 Å². The SMILES string of the molecule is Cl.O=C(N[C@@H](Cc1ccccc1)C(=O)N1CCCC1C(O)C(=O)NC1CCCCC1)OCc1ccccc1. The van der Waals surface area contributed by atoms with E-state index in [-0.39, 0.29) is 37.4 Å². The molecule has 2 unspecified atom stereocenters. The minimum Gasteiger partial charge on any atom is -0.445 e. The molecule has 38 heavy (non-hydrogen) atoms. The standard InChI is InChI=1S/C29H37N3O5.ClH/c33-26(27(34)30-23-15-8-3-9-16-23)25-17-10-18-32(25)28(35)24(19-21-11-4-1-5-12-21)31-29(36)37-20-22-13-6-2-7-14-22;/h1-2,4-7,11-14,23-26,33H,3,8-10,15-20H2,(H,30,34)(H,31,36);1H/t24-,25?,26?;/m0./s1. The first-order valence-electron chi connectivity index (χ1n) is 13.3. The normalized spacial score (nSPS) is 19.1. The highest BCUT2D eigenvalue weighted by Crippen LogP contribution is 2.24. The number of likely N-dealkylation sites (tertiary alicyclic amines) is 1. The van der Waals surface area contributed by atoms with Crippen molar-refractivity contribution >= 4 is 30.3 Å². The predicted octanol–water partition coefficient (Wildman–Crippen LogP) is 3.75. The summed E-state index contributed by atoms with van der Waals surface area (Å²) in [7, 11) is 0. The molecule has 2 aliphatic rings. The van der Waals surface area contributed by atoms with Crippen LogP contribution in [0.15, 0.2) is 60.7 Å². The molecule has 1 heterocycles. The highest BCUT2D eigenvalue weighted by atomic mass is 35.5. The van der Waals surface area contributed by atoms with Gasteiger partial charge in [-0.2, -0.15) is 0 Å². The lowest BCUT2D eigenvalue weighted by atomic mass is 9.95. The molecular formula is C29H38ClN3O5. The molecular weight excluding hydrogens is 506 g/mol. The minimum atomic E-state index is -1.31. The number of carbonyl (C=O) groups excluding carboxylic acids is 3. The van der Waals surface area contributed by atoms with Gasteiger partial charge >= 0.3 is 6.09 Å². The van der Waals surface area contributed by atoms with Crippen LogP contribution in [0.4, 0.5) is 4.79 Å². The summed E-state index contributed by atoms with van der Waals surface area (Å²) in [6.07, 6.45) is 4.63. The molecule has 3 N–H and O–H groups in total. The minimum absolute atomic E-state index is 0. The summed E-state index contributed by atoms with van der Waals surface area (Å²) in [5, 5.41) is 16.6. The quantitative estimate of drug-likeness (QED) is 0.446. The summed E-state index contributed by atoms with van der Waals surface area (Å²) in [6, 6.07) is 17.3. The van der Waals surface area contributed by atoms with Gasteiger partial charge in [-0.15, -0.1) is 12.4 Å². The second-order valence-electron chi connectivity index (χ2n) is 9.98. The van der Waals surface area contributed by atoms with Crippen molar-refractivity contribution in [2.24, 2.45) is 0 Å². The summed E-state index contributed by atoms with van der Waals surface area (Å²) < 4.78 is 5.37. The summed E-state index contributed by atoms with van der Waals surface area (Å²) in [4.78, 5) is 40.8. The summed E-state index contributed by atoms with van der Waals surface area (Å²) in [5.41, 5.74) is 1.73. The van der Waals surface area contributed by atoms with Gasteiger partial charge < -0.3 is 25.4 Å². The molecule has 0 bridgehead atoms. The van der Waals surface area contributed by atoms with E-state index in [1.54, 1.807) is 4.90 Å². The number of alkyl carbamates (subject to hydrolysis) is 1. The van der Waals surface area contributed by atoms with Gasteiger partial charge in [0.05, 0.1) is 6.04 Å². The van der Waals surface area contributed by atoms with Gasteiger partial charge in [0, 0.05) is 19.0 Å². The molecule has 8 nitrogen and oxygen atoms in total. The van der Waals surface area contributed by atoms with Crippen LogP contribution >= 0.6 is 12.4 Å². The number of nitrogens with zero attached hydrogens (tertiary/aromatic N) is 1. The van der Waals surface area contributed by atoms with E-state index in [2.05, 4.69) is 10.6 Å². The number of carbonyl (C=O) groups is 3. The number of benzene rings is 2.